The number of fused-ring (bicyclic) bond motifs is 1. The van der Waals surface area contributed by atoms with E-state index in [2.05, 4.69) is 33.9 Å². The maximum absolute atomic E-state index is 9.15. The number of aliphatic hydroxyl groups is 1. The van der Waals surface area contributed by atoms with Crippen LogP contribution in [-0.2, 0) is 7.05 Å². The van der Waals surface area contributed by atoms with Gasteiger partial charge in [-0.05, 0) is 42.7 Å². The molecule has 0 aliphatic carbocycles. The van der Waals surface area contributed by atoms with Crippen LogP contribution >= 0.6 is 0 Å². The molecule has 5 N–H and O–H groups in total. The van der Waals surface area contributed by atoms with Gasteiger partial charge >= 0.3 is 0 Å². The highest BCUT2D eigenvalue weighted by molar-refractivity contribution is 5.75. The van der Waals surface area contributed by atoms with Gasteiger partial charge in [-0.15, -0.1) is 0 Å². The minimum atomic E-state index is -0.0249. The monoisotopic (exact) mass is 419 g/mol. The lowest BCUT2D eigenvalue weighted by Gasteiger charge is -2.23. The smallest absolute Gasteiger partial charge is 0.142 e. The van der Waals surface area contributed by atoms with E-state index in [1.54, 1.807) is 0 Å². The highest BCUT2D eigenvalue weighted by atomic mass is 16.5. The van der Waals surface area contributed by atoms with Crippen molar-refractivity contribution in [3.8, 4) is 16.9 Å². The van der Waals surface area contributed by atoms with Crippen LogP contribution in [0, 0.1) is 0 Å². The van der Waals surface area contributed by atoms with Gasteiger partial charge in [-0.1, -0.05) is 24.3 Å². The third-order valence-corrected chi connectivity index (χ3v) is 5.43. The van der Waals surface area contributed by atoms with Crippen LogP contribution in [0.4, 0.5) is 5.69 Å². The largest absolute Gasteiger partial charge is 0.489 e. The molecule has 0 saturated heterocycles. The molecule has 31 heavy (non-hydrogen) atoms. The number of benzene rings is 2. The lowest BCUT2D eigenvalue weighted by molar-refractivity contribution is 0.202. The van der Waals surface area contributed by atoms with E-state index in [0.717, 1.165) is 52.5 Å². The first-order chi connectivity index (χ1) is 15.1. The third kappa shape index (κ3) is 4.51. The number of hydrogen-bond acceptors (Lipinski definition) is 6. The molecule has 2 heterocycles. The van der Waals surface area contributed by atoms with Crippen LogP contribution in [-0.4, -0.2) is 34.6 Å². The van der Waals surface area contributed by atoms with Crippen molar-refractivity contribution in [2.24, 2.45) is 12.8 Å². The van der Waals surface area contributed by atoms with Gasteiger partial charge in [0, 0.05) is 36.6 Å². The van der Waals surface area contributed by atoms with E-state index in [1.807, 2.05) is 55.3 Å². The number of aromatic nitrogens is 2. The molecule has 162 valence electrons. The second-order valence-electron chi connectivity index (χ2n) is 7.74. The van der Waals surface area contributed by atoms with E-state index in [9.17, 15) is 0 Å². The molecule has 0 fully saturated rings. The maximum Gasteiger partial charge on any atom is 0.142 e. The quantitative estimate of drug-likeness (QED) is 0.490. The van der Waals surface area contributed by atoms with Crippen molar-refractivity contribution in [1.82, 2.24) is 15.1 Å². The number of para-hydroxylation sites is 2. The Morgan fingerprint density at radius 3 is 2.87 bits per heavy atom. The van der Waals surface area contributed by atoms with Crippen molar-refractivity contribution < 1.29 is 9.84 Å². The van der Waals surface area contributed by atoms with Crippen molar-refractivity contribution in [3.05, 3.63) is 71.7 Å². The normalized spacial score (nSPS) is 17.3. The highest BCUT2D eigenvalue weighted by Crippen LogP contribution is 2.37. The Morgan fingerprint density at radius 1 is 1.29 bits per heavy atom. The number of aryl methyl sites for hydroxylation is 1. The number of ether oxygens (including phenoxy) is 1. The minimum Gasteiger partial charge on any atom is -0.489 e. The molecule has 1 aromatic heterocycles. The van der Waals surface area contributed by atoms with Crippen LogP contribution in [0.25, 0.3) is 16.8 Å². The van der Waals surface area contributed by atoms with Crippen molar-refractivity contribution in [2.45, 2.75) is 19.4 Å². The Hall–Kier alpha value is -3.45. The molecular formula is C24H29N5O2. The van der Waals surface area contributed by atoms with Gasteiger partial charge in [-0.3, -0.25) is 4.68 Å². The molecule has 0 saturated carbocycles. The van der Waals surface area contributed by atoms with Gasteiger partial charge in [0.25, 0.3) is 0 Å². The van der Waals surface area contributed by atoms with Crippen molar-refractivity contribution >= 4 is 11.4 Å². The van der Waals surface area contributed by atoms with Gasteiger partial charge in [0.15, 0.2) is 0 Å². The Balaban J connectivity index is 1.76. The summed E-state index contributed by atoms with van der Waals surface area (Å²) in [6.07, 6.45) is 4.76. The average Bonchev–Trinajstić information content (AvgIpc) is 3.12. The summed E-state index contributed by atoms with van der Waals surface area (Å²) in [6.45, 7) is 2.94. The van der Waals surface area contributed by atoms with Crippen molar-refractivity contribution in [2.75, 3.05) is 25.1 Å². The number of nitrogens with one attached hydrogen (secondary N) is 2. The molecule has 0 spiro atoms. The number of nitrogens with zero attached hydrogens (tertiary/aromatic N) is 2. The first-order valence-corrected chi connectivity index (χ1v) is 10.5. The summed E-state index contributed by atoms with van der Waals surface area (Å²) in [4.78, 5) is 0. The molecule has 0 bridgehead atoms. The summed E-state index contributed by atoms with van der Waals surface area (Å²) in [5.74, 6) is 0.726. The standard InChI is InChI=1S/C24H29N5O2/c1-16(25)24-19-8-7-17(18-14-27-29(2)15-18)13-20(19)21(9-10-26-24)28-22-5-3-4-6-23(22)31-12-11-30/h3-8,13-15,21,26,28,30H,9-12,25H2,1-2H3/b24-16-. The predicted molar refractivity (Wildman–Crippen MR) is 123 cm³/mol. The van der Waals surface area contributed by atoms with Crippen molar-refractivity contribution in [1.29, 1.82) is 0 Å². The fourth-order valence-corrected chi connectivity index (χ4v) is 3.98. The Labute approximate surface area is 182 Å². The van der Waals surface area contributed by atoms with E-state index in [0.29, 0.717) is 0 Å². The van der Waals surface area contributed by atoms with Gasteiger partial charge in [0.05, 0.1) is 30.2 Å². The summed E-state index contributed by atoms with van der Waals surface area (Å²) in [5, 5.41) is 20.6. The zero-order chi connectivity index (χ0) is 21.8. The minimum absolute atomic E-state index is 0.0249. The number of aliphatic hydroxyl groups excluding tert-OH is 1. The number of allylic oxidation sites excluding steroid dienone is 1. The molecule has 0 amide bonds. The summed E-state index contributed by atoms with van der Waals surface area (Å²) in [5.41, 5.74) is 13.3. The summed E-state index contributed by atoms with van der Waals surface area (Å²) < 4.78 is 7.54. The molecular weight excluding hydrogens is 390 g/mol. The summed E-state index contributed by atoms with van der Waals surface area (Å²) >= 11 is 0. The molecule has 1 unspecified atom stereocenters. The van der Waals surface area contributed by atoms with Crippen LogP contribution < -0.4 is 21.1 Å². The average molecular weight is 420 g/mol. The van der Waals surface area contributed by atoms with Gasteiger partial charge in [-0.2, -0.15) is 5.10 Å². The molecule has 3 aromatic rings. The molecule has 2 aromatic carbocycles. The molecule has 1 aliphatic heterocycles. The van der Waals surface area contributed by atoms with E-state index in [1.165, 1.54) is 5.56 Å². The van der Waals surface area contributed by atoms with Gasteiger partial charge < -0.3 is 26.2 Å². The second-order valence-corrected chi connectivity index (χ2v) is 7.74. The molecule has 0 radical (unpaired) electrons. The van der Waals surface area contributed by atoms with E-state index < -0.39 is 0 Å². The zero-order valence-corrected chi connectivity index (χ0v) is 17.9. The Morgan fingerprint density at radius 2 is 2.13 bits per heavy atom. The van der Waals surface area contributed by atoms with Crippen LogP contribution in [0.5, 0.6) is 5.75 Å². The van der Waals surface area contributed by atoms with E-state index in [-0.39, 0.29) is 19.3 Å². The zero-order valence-electron chi connectivity index (χ0n) is 17.9. The van der Waals surface area contributed by atoms with E-state index >= 15 is 0 Å². The SMILES string of the molecule is C/C(N)=C1/NCCC(Nc2ccccc2OCCO)c2cc(-c3cnn(C)c3)ccc21. The molecule has 7 nitrogen and oxygen atoms in total. The molecule has 1 atom stereocenters. The third-order valence-electron chi connectivity index (χ3n) is 5.43. The Kier molecular flexibility index (Phi) is 6.13. The summed E-state index contributed by atoms with van der Waals surface area (Å²) in [6, 6.07) is 14.3. The van der Waals surface area contributed by atoms with Gasteiger partial charge in [0.1, 0.15) is 12.4 Å². The lowest BCUT2D eigenvalue weighted by atomic mass is 9.93. The predicted octanol–water partition coefficient (Wildman–Crippen LogP) is 3.25. The first kappa shape index (κ1) is 20.8. The fraction of sp³-hybridized carbons (Fsp3) is 0.292. The first-order valence-electron chi connectivity index (χ1n) is 10.5. The fourth-order valence-electron chi connectivity index (χ4n) is 3.98. The highest BCUT2D eigenvalue weighted by Gasteiger charge is 2.24. The van der Waals surface area contributed by atoms with Crippen LogP contribution in [0.2, 0.25) is 0 Å². The number of anilines is 1. The van der Waals surface area contributed by atoms with Crippen LogP contribution in [0.3, 0.4) is 0 Å². The Bertz CT molecular complexity index is 1090. The maximum atomic E-state index is 9.15. The summed E-state index contributed by atoms with van der Waals surface area (Å²) in [7, 11) is 1.92. The lowest BCUT2D eigenvalue weighted by Crippen LogP contribution is -2.17. The van der Waals surface area contributed by atoms with Crippen LogP contribution in [0.15, 0.2) is 60.6 Å². The molecule has 7 heteroatoms. The number of hydrogen-bond donors (Lipinski definition) is 4. The topological polar surface area (TPSA) is 97.4 Å². The molecule has 4 rings (SSSR count). The second kappa shape index (κ2) is 9.14. The molecule has 1 aliphatic rings. The number of rotatable bonds is 6. The number of nitrogens with two attached hydrogens (primary N) is 1. The van der Waals surface area contributed by atoms with Gasteiger partial charge in [0.2, 0.25) is 0 Å². The van der Waals surface area contributed by atoms with E-state index in [4.69, 9.17) is 15.6 Å². The van der Waals surface area contributed by atoms with Crippen LogP contribution in [0.1, 0.15) is 30.5 Å². The van der Waals surface area contributed by atoms with Gasteiger partial charge in [-0.25, -0.2) is 0 Å². The van der Waals surface area contributed by atoms with Crippen molar-refractivity contribution in [3.63, 3.8) is 0 Å².